The van der Waals surface area contributed by atoms with Gasteiger partial charge < -0.3 is 10.9 Å². The molecule has 0 fully saturated rings. The van der Waals surface area contributed by atoms with Crippen molar-refractivity contribution in [1.82, 2.24) is 4.90 Å². The number of halogens is 2. The molecule has 1 aromatic carbocycles. The van der Waals surface area contributed by atoms with Crippen molar-refractivity contribution in [1.29, 1.82) is 0 Å². The molecule has 112 valence electrons. The second kappa shape index (κ2) is 6.89. The molecule has 21 heavy (non-hydrogen) atoms. The first-order chi connectivity index (χ1) is 9.99. The van der Waals surface area contributed by atoms with E-state index in [1.165, 1.54) is 23.5 Å². The normalized spacial score (nSPS) is 12.1. The van der Waals surface area contributed by atoms with Crippen LogP contribution in [0, 0.1) is 5.82 Å². The van der Waals surface area contributed by atoms with Gasteiger partial charge in [0.2, 0.25) is 0 Å². The quantitative estimate of drug-likeness (QED) is 0.383. The molecular weight excluding hydrogens is 313 g/mol. The van der Waals surface area contributed by atoms with E-state index in [2.05, 4.69) is 5.16 Å². The van der Waals surface area contributed by atoms with Gasteiger partial charge in [0.15, 0.2) is 5.84 Å². The summed E-state index contributed by atoms with van der Waals surface area (Å²) in [6, 6.07) is 8.09. The number of nitrogens with two attached hydrogens (primary N) is 1. The van der Waals surface area contributed by atoms with E-state index in [0.717, 1.165) is 14.8 Å². The van der Waals surface area contributed by atoms with E-state index in [9.17, 15) is 4.39 Å². The van der Waals surface area contributed by atoms with Crippen LogP contribution in [0.25, 0.3) is 0 Å². The largest absolute Gasteiger partial charge is 0.409 e. The molecule has 0 amide bonds. The summed E-state index contributed by atoms with van der Waals surface area (Å²) in [7, 11) is 1.94. The standard InChI is InChI=1S/C14H15ClFN3OS/c1-19(8-11-4-5-13(15)21-11)7-9-2-3-10(16)6-12(9)14(17)18-20/h2-6,20H,7-8H2,1H3,(H2,17,18). The molecule has 4 nitrogen and oxygen atoms in total. The highest BCUT2D eigenvalue weighted by molar-refractivity contribution is 7.16. The predicted octanol–water partition coefficient (Wildman–Crippen LogP) is 3.27. The zero-order valence-electron chi connectivity index (χ0n) is 11.4. The van der Waals surface area contributed by atoms with Gasteiger partial charge in [-0.25, -0.2) is 4.39 Å². The van der Waals surface area contributed by atoms with Gasteiger partial charge in [0.05, 0.1) is 4.34 Å². The highest BCUT2D eigenvalue weighted by atomic mass is 35.5. The minimum atomic E-state index is -0.423. The van der Waals surface area contributed by atoms with Crippen LogP contribution in [0.3, 0.4) is 0 Å². The van der Waals surface area contributed by atoms with Gasteiger partial charge in [-0.3, -0.25) is 4.90 Å². The molecule has 0 unspecified atom stereocenters. The lowest BCUT2D eigenvalue weighted by Crippen LogP contribution is -2.21. The van der Waals surface area contributed by atoms with E-state index in [-0.39, 0.29) is 5.84 Å². The second-order valence-corrected chi connectivity index (χ2v) is 6.46. The van der Waals surface area contributed by atoms with Crippen molar-refractivity contribution in [3.8, 4) is 0 Å². The van der Waals surface area contributed by atoms with E-state index in [0.29, 0.717) is 18.7 Å². The third kappa shape index (κ3) is 4.17. The van der Waals surface area contributed by atoms with Gasteiger partial charge in [-0.15, -0.1) is 11.3 Å². The molecule has 0 aliphatic carbocycles. The maximum Gasteiger partial charge on any atom is 0.170 e. The number of thiophene rings is 1. The summed E-state index contributed by atoms with van der Waals surface area (Å²) in [4.78, 5) is 3.18. The molecule has 0 spiro atoms. The van der Waals surface area contributed by atoms with E-state index in [4.69, 9.17) is 22.5 Å². The molecule has 1 heterocycles. The summed E-state index contributed by atoms with van der Waals surface area (Å²) >= 11 is 7.42. The first-order valence-corrected chi connectivity index (χ1v) is 7.38. The summed E-state index contributed by atoms with van der Waals surface area (Å²) in [5.74, 6) is -0.523. The van der Waals surface area contributed by atoms with Crippen molar-refractivity contribution in [3.63, 3.8) is 0 Å². The highest BCUT2D eigenvalue weighted by Gasteiger charge is 2.11. The number of oxime groups is 1. The maximum absolute atomic E-state index is 13.3. The Balaban J connectivity index is 2.15. The number of nitrogens with zero attached hydrogens (tertiary/aromatic N) is 2. The second-order valence-electron chi connectivity index (χ2n) is 4.66. The predicted molar refractivity (Wildman–Crippen MR) is 83.4 cm³/mol. The SMILES string of the molecule is CN(Cc1ccc(Cl)s1)Cc1ccc(F)cc1C(N)=NO. The molecule has 0 saturated heterocycles. The Morgan fingerprint density at radius 2 is 2.14 bits per heavy atom. The zero-order valence-corrected chi connectivity index (χ0v) is 13.0. The highest BCUT2D eigenvalue weighted by Crippen LogP contribution is 2.23. The monoisotopic (exact) mass is 327 g/mol. The minimum Gasteiger partial charge on any atom is -0.409 e. The van der Waals surface area contributed by atoms with Gasteiger partial charge in [0.1, 0.15) is 5.82 Å². The van der Waals surface area contributed by atoms with Gasteiger partial charge in [-0.05, 0) is 36.9 Å². The van der Waals surface area contributed by atoms with Crippen LogP contribution in [0.15, 0.2) is 35.5 Å². The molecule has 3 N–H and O–H groups in total. The first kappa shape index (κ1) is 15.8. The Morgan fingerprint density at radius 1 is 1.38 bits per heavy atom. The van der Waals surface area contributed by atoms with Crippen LogP contribution in [0.2, 0.25) is 4.34 Å². The van der Waals surface area contributed by atoms with Gasteiger partial charge in [-0.2, -0.15) is 0 Å². The van der Waals surface area contributed by atoms with E-state index >= 15 is 0 Å². The smallest absolute Gasteiger partial charge is 0.170 e. The van der Waals surface area contributed by atoms with Crippen LogP contribution in [-0.4, -0.2) is 23.0 Å². The summed E-state index contributed by atoms with van der Waals surface area (Å²) in [5.41, 5.74) is 6.78. The lowest BCUT2D eigenvalue weighted by molar-refractivity contribution is 0.316. The fraction of sp³-hybridized carbons (Fsp3) is 0.214. The van der Waals surface area contributed by atoms with Crippen molar-refractivity contribution in [3.05, 3.63) is 56.5 Å². The molecule has 0 aliphatic heterocycles. The lowest BCUT2D eigenvalue weighted by atomic mass is 10.1. The van der Waals surface area contributed by atoms with E-state index in [1.54, 1.807) is 6.07 Å². The molecule has 2 aromatic rings. The van der Waals surface area contributed by atoms with Crippen molar-refractivity contribution in [2.24, 2.45) is 10.9 Å². The first-order valence-electron chi connectivity index (χ1n) is 6.18. The van der Waals surface area contributed by atoms with Crippen LogP contribution < -0.4 is 5.73 Å². The molecule has 0 bridgehead atoms. The van der Waals surface area contributed by atoms with Crippen LogP contribution in [0.5, 0.6) is 0 Å². The topological polar surface area (TPSA) is 61.8 Å². The average Bonchev–Trinajstić information content (AvgIpc) is 2.85. The third-order valence-electron chi connectivity index (χ3n) is 2.95. The Kier molecular flexibility index (Phi) is 5.17. The summed E-state index contributed by atoms with van der Waals surface area (Å²) < 4.78 is 14.1. The molecule has 1 aromatic heterocycles. The Bertz CT molecular complexity index is 659. The average molecular weight is 328 g/mol. The number of amidine groups is 1. The number of hydrogen-bond donors (Lipinski definition) is 2. The molecule has 0 saturated carbocycles. The van der Waals surface area contributed by atoms with E-state index < -0.39 is 5.82 Å². The number of hydrogen-bond acceptors (Lipinski definition) is 4. The fourth-order valence-electron chi connectivity index (χ4n) is 2.03. The summed E-state index contributed by atoms with van der Waals surface area (Å²) in [5, 5.41) is 11.7. The lowest BCUT2D eigenvalue weighted by Gasteiger charge is -2.18. The Hall–Kier alpha value is -1.63. The summed E-state index contributed by atoms with van der Waals surface area (Å²) in [6.07, 6.45) is 0. The van der Waals surface area contributed by atoms with Crippen molar-refractivity contribution < 1.29 is 9.60 Å². The van der Waals surface area contributed by atoms with Crippen LogP contribution in [0.1, 0.15) is 16.0 Å². The fourth-order valence-corrected chi connectivity index (χ4v) is 3.20. The molecule has 2 rings (SSSR count). The number of benzene rings is 1. The van der Waals surface area contributed by atoms with Crippen molar-refractivity contribution in [2.75, 3.05) is 7.05 Å². The minimum absolute atomic E-state index is 0.0999. The Morgan fingerprint density at radius 3 is 2.76 bits per heavy atom. The molecule has 0 radical (unpaired) electrons. The molecule has 7 heteroatoms. The van der Waals surface area contributed by atoms with Crippen molar-refractivity contribution >= 4 is 28.8 Å². The van der Waals surface area contributed by atoms with Crippen molar-refractivity contribution in [2.45, 2.75) is 13.1 Å². The van der Waals surface area contributed by atoms with E-state index in [1.807, 2.05) is 24.1 Å². The van der Waals surface area contributed by atoms with Crippen LogP contribution in [-0.2, 0) is 13.1 Å². The summed E-state index contributed by atoms with van der Waals surface area (Å²) in [6.45, 7) is 1.26. The third-order valence-corrected chi connectivity index (χ3v) is 4.17. The van der Waals surface area contributed by atoms with Gasteiger partial charge >= 0.3 is 0 Å². The Labute approximate surface area is 131 Å². The maximum atomic E-state index is 13.3. The van der Waals surface area contributed by atoms with Gasteiger partial charge in [0, 0.05) is 23.5 Å². The van der Waals surface area contributed by atoms with Gasteiger partial charge in [0.25, 0.3) is 0 Å². The molecule has 0 atom stereocenters. The number of rotatable bonds is 5. The zero-order chi connectivity index (χ0) is 15.4. The molecule has 0 aliphatic rings. The van der Waals surface area contributed by atoms with Crippen LogP contribution >= 0.6 is 22.9 Å². The van der Waals surface area contributed by atoms with Gasteiger partial charge in [-0.1, -0.05) is 22.8 Å². The molecular formula is C14H15ClFN3OS. The van der Waals surface area contributed by atoms with Crippen LogP contribution in [0.4, 0.5) is 4.39 Å².